The number of carbonyl (C=O) groups is 1. The zero-order chi connectivity index (χ0) is 18.7. The number of thiophene rings is 1. The number of hydrogen-bond donors (Lipinski definition) is 1. The van der Waals surface area contributed by atoms with Crippen molar-refractivity contribution in [3.63, 3.8) is 0 Å². The molecule has 3 rings (SSSR count). The number of benzene rings is 1. The van der Waals surface area contributed by atoms with Crippen molar-refractivity contribution in [2.45, 2.75) is 30.3 Å². The van der Waals surface area contributed by atoms with Crippen molar-refractivity contribution in [3.05, 3.63) is 55.6 Å². The van der Waals surface area contributed by atoms with E-state index >= 15 is 0 Å². The number of carboxylic acid groups (broad SMARTS) is 1. The van der Waals surface area contributed by atoms with Crippen LogP contribution in [0.1, 0.15) is 18.4 Å². The topological polar surface area (TPSA) is 72.2 Å². The number of halogens is 2. The zero-order valence-corrected chi connectivity index (χ0v) is 16.6. The van der Waals surface area contributed by atoms with Gasteiger partial charge in [-0.3, -0.25) is 14.2 Å². The molecule has 0 aliphatic rings. The predicted molar refractivity (Wildman–Crippen MR) is 107 cm³/mol. The number of hydrogen-bond acceptors (Lipinski definition) is 5. The maximum atomic E-state index is 12.8. The third kappa shape index (κ3) is 4.23. The Morgan fingerprint density at radius 3 is 2.69 bits per heavy atom. The fourth-order valence-corrected chi connectivity index (χ4v) is 4.97. The van der Waals surface area contributed by atoms with E-state index in [-0.39, 0.29) is 12.0 Å². The van der Waals surface area contributed by atoms with Crippen molar-refractivity contribution in [2.24, 2.45) is 0 Å². The SMILES string of the molecule is O=C(O)CCCn1c(SCc2c(Cl)cccc2Cl)nc2ccsc2c1=O. The van der Waals surface area contributed by atoms with Crippen molar-refractivity contribution in [1.82, 2.24) is 9.55 Å². The molecule has 3 aromatic rings. The largest absolute Gasteiger partial charge is 0.481 e. The maximum Gasteiger partial charge on any atom is 0.303 e. The van der Waals surface area contributed by atoms with Crippen molar-refractivity contribution < 1.29 is 9.90 Å². The van der Waals surface area contributed by atoms with Gasteiger partial charge in [0.15, 0.2) is 5.16 Å². The molecule has 0 radical (unpaired) electrons. The first-order chi connectivity index (χ1) is 12.5. The van der Waals surface area contributed by atoms with Gasteiger partial charge in [-0.2, -0.15) is 0 Å². The lowest BCUT2D eigenvalue weighted by Crippen LogP contribution is -2.23. The Kier molecular flexibility index (Phi) is 6.24. The molecule has 26 heavy (non-hydrogen) atoms. The summed E-state index contributed by atoms with van der Waals surface area (Å²) in [7, 11) is 0. The fraction of sp³-hybridized carbons (Fsp3) is 0.235. The van der Waals surface area contributed by atoms with Crippen LogP contribution in [0.3, 0.4) is 0 Å². The van der Waals surface area contributed by atoms with Crippen LogP contribution in [0.25, 0.3) is 10.2 Å². The van der Waals surface area contributed by atoms with Gasteiger partial charge in [0, 0.05) is 28.8 Å². The molecule has 0 atom stereocenters. The highest BCUT2D eigenvalue weighted by Crippen LogP contribution is 2.31. The molecule has 0 saturated carbocycles. The zero-order valence-electron chi connectivity index (χ0n) is 13.4. The average molecular weight is 429 g/mol. The number of carboxylic acids is 1. The van der Waals surface area contributed by atoms with Gasteiger partial charge in [0.2, 0.25) is 0 Å². The first-order valence-electron chi connectivity index (χ1n) is 7.73. The highest BCUT2D eigenvalue weighted by molar-refractivity contribution is 7.98. The molecule has 136 valence electrons. The Bertz CT molecular complexity index is 997. The van der Waals surface area contributed by atoms with Gasteiger partial charge in [-0.05, 0) is 35.6 Å². The van der Waals surface area contributed by atoms with Crippen LogP contribution in [-0.2, 0) is 17.1 Å². The average Bonchev–Trinajstić information content (AvgIpc) is 3.05. The van der Waals surface area contributed by atoms with Gasteiger partial charge in [0.05, 0.1) is 5.52 Å². The third-order valence-electron chi connectivity index (χ3n) is 3.71. The molecule has 0 aliphatic heterocycles. The normalized spacial score (nSPS) is 11.2. The molecule has 0 fully saturated rings. The summed E-state index contributed by atoms with van der Waals surface area (Å²) in [5.74, 6) is -0.431. The second kappa shape index (κ2) is 8.43. The summed E-state index contributed by atoms with van der Waals surface area (Å²) in [6.45, 7) is 0.296. The van der Waals surface area contributed by atoms with Crippen LogP contribution in [0, 0.1) is 0 Å². The van der Waals surface area contributed by atoms with Crippen LogP contribution in [-0.4, -0.2) is 20.6 Å². The van der Waals surface area contributed by atoms with Crippen LogP contribution >= 0.6 is 46.3 Å². The molecule has 9 heteroatoms. The van der Waals surface area contributed by atoms with Crippen LogP contribution in [0.15, 0.2) is 39.6 Å². The Morgan fingerprint density at radius 1 is 1.27 bits per heavy atom. The van der Waals surface area contributed by atoms with Gasteiger partial charge in [0.1, 0.15) is 4.70 Å². The molecule has 0 bridgehead atoms. The van der Waals surface area contributed by atoms with E-state index in [4.69, 9.17) is 28.3 Å². The summed E-state index contributed by atoms with van der Waals surface area (Å²) < 4.78 is 2.11. The summed E-state index contributed by atoms with van der Waals surface area (Å²) in [6.07, 6.45) is 0.351. The minimum absolute atomic E-state index is 0.00460. The van der Waals surface area contributed by atoms with Crippen molar-refractivity contribution >= 4 is 62.5 Å². The van der Waals surface area contributed by atoms with Crippen molar-refractivity contribution in [3.8, 4) is 0 Å². The van der Waals surface area contributed by atoms with Gasteiger partial charge in [-0.1, -0.05) is 41.0 Å². The molecule has 0 unspecified atom stereocenters. The fourth-order valence-electron chi connectivity index (χ4n) is 2.43. The van der Waals surface area contributed by atoms with Gasteiger partial charge < -0.3 is 5.11 Å². The predicted octanol–water partition coefficient (Wildman–Crippen LogP) is 4.92. The Labute approximate surface area is 167 Å². The summed E-state index contributed by atoms with van der Waals surface area (Å²) in [4.78, 5) is 28.1. The van der Waals surface area contributed by atoms with Gasteiger partial charge in [-0.25, -0.2) is 4.98 Å². The second-order valence-corrected chi connectivity index (χ2v) is 8.15. The van der Waals surface area contributed by atoms with Crippen LogP contribution in [0.4, 0.5) is 0 Å². The van der Waals surface area contributed by atoms with Crippen LogP contribution in [0.2, 0.25) is 10.0 Å². The highest BCUT2D eigenvalue weighted by atomic mass is 35.5. The van der Waals surface area contributed by atoms with Crippen molar-refractivity contribution in [2.75, 3.05) is 0 Å². The lowest BCUT2D eigenvalue weighted by molar-refractivity contribution is -0.137. The molecule has 1 N–H and O–H groups in total. The molecule has 0 amide bonds. The Balaban J connectivity index is 1.92. The standard InChI is InChI=1S/C17H14Cl2N2O3S2/c18-11-3-1-4-12(19)10(11)9-26-17-20-13-6-8-25-15(13)16(24)21(17)7-2-5-14(22)23/h1,3-4,6,8H,2,5,7,9H2,(H,22,23). The molecule has 2 aromatic heterocycles. The molecule has 0 aliphatic carbocycles. The Morgan fingerprint density at radius 2 is 2.00 bits per heavy atom. The molecule has 2 heterocycles. The summed E-state index contributed by atoms with van der Waals surface area (Å²) >= 11 is 15.1. The van der Waals surface area contributed by atoms with E-state index in [9.17, 15) is 9.59 Å². The van der Waals surface area contributed by atoms with Crippen molar-refractivity contribution in [1.29, 1.82) is 0 Å². The molecule has 0 saturated heterocycles. The lowest BCUT2D eigenvalue weighted by atomic mass is 10.2. The quantitative estimate of drug-likeness (QED) is 0.426. The van der Waals surface area contributed by atoms with E-state index in [2.05, 4.69) is 4.98 Å². The van der Waals surface area contributed by atoms with Gasteiger partial charge >= 0.3 is 5.97 Å². The van der Waals surface area contributed by atoms with Crippen LogP contribution < -0.4 is 5.56 Å². The maximum absolute atomic E-state index is 12.8. The van der Waals surface area contributed by atoms with Crippen LogP contribution in [0.5, 0.6) is 0 Å². The summed E-state index contributed by atoms with van der Waals surface area (Å²) in [5.41, 5.74) is 1.27. The summed E-state index contributed by atoms with van der Waals surface area (Å²) in [6, 6.07) is 7.10. The number of fused-ring (bicyclic) bond motifs is 1. The lowest BCUT2D eigenvalue weighted by Gasteiger charge is -2.12. The second-order valence-electron chi connectivity index (χ2n) is 5.47. The Hall–Kier alpha value is -1.54. The van der Waals surface area contributed by atoms with E-state index in [1.165, 1.54) is 27.7 Å². The molecule has 0 spiro atoms. The molecular formula is C17H14Cl2N2O3S2. The summed E-state index contributed by atoms with van der Waals surface area (Å²) in [5, 5.41) is 12.3. The first kappa shape index (κ1) is 19.2. The van der Waals surface area contributed by atoms with E-state index in [0.717, 1.165) is 5.56 Å². The molecule has 5 nitrogen and oxygen atoms in total. The monoisotopic (exact) mass is 428 g/mol. The van der Waals surface area contributed by atoms with E-state index in [1.54, 1.807) is 24.3 Å². The number of rotatable bonds is 7. The number of thioether (sulfide) groups is 1. The number of nitrogens with zero attached hydrogens (tertiary/aromatic N) is 2. The van der Waals surface area contributed by atoms with E-state index < -0.39 is 5.97 Å². The van der Waals surface area contributed by atoms with Gasteiger partial charge in [0.25, 0.3) is 5.56 Å². The minimum Gasteiger partial charge on any atom is -0.481 e. The molecular weight excluding hydrogens is 415 g/mol. The van der Waals surface area contributed by atoms with E-state index in [1.807, 2.05) is 5.38 Å². The number of aromatic nitrogens is 2. The number of aliphatic carboxylic acids is 1. The first-order valence-corrected chi connectivity index (χ1v) is 10.3. The minimum atomic E-state index is -0.889. The molecule has 1 aromatic carbocycles. The van der Waals surface area contributed by atoms with Gasteiger partial charge in [-0.15, -0.1) is 11.3 Å². The smallest absolute Gasteiger partial charge is 0.303 e. The van der Waals surface area contributed by atoms with E-state index in [0.29, 0.717) is 44.1 Å². The third-order valence-corrected chi connectivity index (χ3v) is 6.31. The highest BCUT2D eigenvalue weighted by Gasteiger charge is 2.15.